The van der Waals surface area contributed by atoms with Gasteiger partial charge in [0.05, 0.1) is 5.97 Å². The van der Waals surface area contributed by atoms with Crippen molar-refractivity contribution in [3.63, 3.8) is 0 Å². The molecule has 0 bridgehead atoms. The van der Waals surface area contributed by atoms with Gasteiger partial charge in [-0.15, -0.1) is 0 Å². The van der Waals surface area contributed by atoms with Gasteiger partial charge in [0.15, 0.2) is 6.10 Å². The van der Waals surface area contributed by atoms with Crippen molar-refractivity contribution >= 4 is 29.2 Å². The molecule has 0 fully saturated rings. The van der Waals surface area contributed by atoms with Crippen molar-refractivity contribution in [2.75, 3.05) is 5.32 Å². The summed E-state index contributed by atoms with van der Waals surface area (Å²) in [7, 11) is 0. The van der Waals surface area contributed by atoms with Crippen molar-refractivity contribution in [3.05, 3.63) is 58.6 Å². The lowest BCUT2D eigenvalue weighted by Crippen LogP contribution is -2.30. The molecule has 0 unspecified atom stereocenters. The number of halogens is 1. The summed E-state index contributed by atoms with van der Waals surface area (Å²) >= 11 is 5.86. The highest BCUT2D eigenvalue weighted by Gasteiger charge is 2.16. The fourth-order valence-corrected chi connectivity index (χ4v) is 2.10. The third kappa shape index (κ3) is 4.47. The second-order valence-corrected chi connectivity index (χ2v) is 5.46. The molecule has 0 aromatic heterocycles. The number of hydrogen-bond donors (Lipinski definition) is 1. The molecule has 0 spiro atoms. The number of nitrogens with one attached hydrogen (secondary N) is 1. The largest absolute Gasteiger partial charge is 0.545 e. The smallest absolute Gasteiger partial charge is 0.265 e. The third-order valence-corrected chi connectivity index (χ3v) is 3.44. The Morgan fingerprint density at radius 3 is 2.61 bits per heavy atom. The number of carboxylic acid groups (broad SMARTS) is 1. The number of ether oxygens (including phenoxy) is 1. The summed E-state index contributed by atoms with van der Waals surface area (Å²) in [5.74, 6) is -1.23. The minimum Gasteiger partial charge on any atom is -0.545 e. The van der Waals surface area contributed by atoms with Crippen LogP contribution in [0, 0.1) is 6.92 Å². The molecular formula is C17H15ClNO4-. The van der Waals surface area contributed by atoms with Gasteiger partial charge in [0.1, 0.15) is 5.75 Å². The predicted octanol–water partition coefficient (Wildman–Crippen LogP) is 2.42. The maximum atomic E-state index is 12.2. The number of carbonyl (C=O) groups excluding carboxylic acids is 2. The molecule has 0 aliphatic heterocycles. The van der Waals surface area contributed by atoms with E-state index in [1.165, 1.54) is 12.1 Å². The average Bonchev–Trinajstić information content (AvgIpc) is 2.49. The van der Waals surface area contributed by atoms with Crippen LogP contribution in [0.25, 0.3) is 0 Å². The van der Waals surface area contributed by atoms with Crippen molar-refractivity contribution in [1.29, 1.82) is 0 Å². The standard InChI is InChI=1S/C17H16ClNO4/c1-10-6-7-12(17(21)22)8-15(10)19-16(20)11(2)23-14-5-3-4-13(18)9-14/h3-9,11H,1-2H3,(H,19,20)(H,21,22)/p-1/t11-/m0/s1. The summed E-state index contributed by atoms with van der Waals surface area (Å²) < 4.78 is 5.52. The molecule has 1 N–H and O–H groups in total. The molecule has 0 aliphatic rings. The number of carbonyl (C=O) groups is 2. The van der Waals surface area contributed by atoms with Crippen molar-refractivity contribution in [1.82, 2.24) is 0 Å². The van der Waals surface area contributed by atoms with Crippen LogP contribution in [-0.4, -0.2) is 18.0 Å². The summed E-state index contributed by atoms with van der Waals surface area (Å²) in [6, 6.07) is 11.1. The zero-order valence-corrected chi connectivity index (χ0v) is 13.4. The zero-order chi connectivity index (χ0) is 17.0. The lowest BCUT2D eigenvalue weighted by Gasteiger charge is -2.16. The van der Waals surface area contributed by atoms with Gasteiger partial charge in [0.2, 0.25) is 0 Å². The Hall–Kier alpha value is -2.53. The van der Waals surface area contributed by atoms with Gasteiger partial charge in [-0.1, -0.05) is 29.8 Å². The first kappa shape index (κ1) is 16.8. The fraction of sp³-hybridized carbons (Fsp3) is 0.176. The Kier molecular flexibility index (Phi) is 5.24. The number of benzene rings is 2. The fourth-order valence-electron chi connectivity index (χ4n) is 1.92. The first-order valence-electron chi connectivity index (χ1n) is 6.92. The molecule has 2 aromatic carbocycles. The molecule has 23 heavy (non-hydrogen) atoms. The third-order valence-electron chi connectivity index (χ3n) is 3.21. The van der Waals surface area contributed by atoms with Crippen LogP contribution in [0.5, 0.6) is 5.75 Å². The second-order valence-electron chi connectivity index (χ2n) is 5.02. The number of hydrogen-bond acceptors (Lipinski definition) is 4. The van der Waals surface area contributed by atoms with Crippen LogP contribution in [0.4, 0.5) is 5.69 Å². The van der Waals surface area contributed by atoms with E-state index >= 15 is 0 Å². The number of rotatable bonds is 5. The van der Waals surface area contributed by atoms with E-state index in [-0.39, 0.29) is 5.56 Å². The molecule has 1 atom stereocenters. The van der Waals surface area contributed by atoms with Gasteiger partial charge >= 0.3 is 0 Å². The van der Waals surface area contributed by atoms with Gasteiger partial charge in [0.25, 0.3) is 5.91 Å². The Balaban J connectivity index is 2.09. The van der Waals surface area contributed by atoms with E-state index in [1.807, 2.05) is 0 Å². The minimum absolute atomic E-state index is 0.00527. The maximum Gasteiger partial charge on any atom is 0.265 e. The van der Waals surface area contributed by atoms with E-state index in [2.05, 4.69) is 5.32 Å². The van der Waals surface area contributed by atoms with Gasteiger partial charge in [-0.05, 0) is 49.2 Å². The monoisotopic (exact) mass is 332 g/mol. The van der Waals surface area contributed by atoms with Crippen molar-refractivity contribution in [2.24, 2.45) is 0 Å². The van der Waals surface area contributed by atoms with Gasteiger partial charge in [-0.3, -0.25) is 4.79 Å². The van der Waals surface area contributed by atoms with Crippen LogP contribution >= 0.6 is 11.6 Å². The average molecular weight is 333 g/mol. The Morgan fingerprint density at radius 2 is 1.96 bits per heavy atom. The molecule has 0 saturated carbocycles. The Morgan fingerprint density at radius 1 is 1.22 bits per heavy atom. The number of aromatic carboxylic acids is 1. The predicted molar refractivity (Wildman–Crippen MR) is 85.7 cm³/mol. The van der Waals surface area contributed by atoms with Crippen molar-refractivity contribution in [3.8, 4) is 5.75 Å². The molecule has 6 heteroatoms. The summed E-state index contributed by atoms with van der Waals surface area (Å²) in [5.41, 5.74) is 1.13. The van der Waals surface area contributed by atoms with E-state index in [9.17, 15) is 14.7 Å². The van der Waals surface area contributed by atoms with E-state index in [0.29, 0.717) is 16.5 Å². The van der Waals surface area contributed by atoms with Crippen molar-refractivity contribution in [2.45, 2.75) is 20.0 Å². The minimum atomic E-state index is -1.30. The van der Waals surface area contributed by atoms with Gasteiger partial charge < -0.3 is 20.0 Å². The number of anilines is 1. The molecule has 1 amide bonds. The Bertz CT molecular complexity index is 745. The highest BCUT2D eigenvalue weighted by atomic mass is 35.5. The van der Waals surface area contributed by atoms with Crippen LogP contribution in [0.3, 0.4) is 0 Å². The lowest BCUT2D eigenvalue weighted by atomic mass is 10.1. The first-order chi connectivity index (χ1) is 10.9. The molecule has 0 aliphatic carbocycles. The number of carboxylic acids is 1. The van der Waals surface area contributed by atoms with E-state index in [1.54, 1.807) is 44.2 Å². The zero-order valence-electron chi connectivity index (χ0n) is 12.6. The van der Waals surface area contributed by atoms with E-state index < -0.39 is 18.0 Å². The first-order valence-corrected chi connectivity index (χ1v) is 7.29. The van der Waals surface area contributed by atoms with Crippen LogP contribution in [0.15, 0.2) is 42.5 Å². The highest BCUT2D eigenvalue weighted by Crippen LogP contribution is 2.20. The molecule has 2 aromatic rings. The molecule has 0 saturated heterocycles. The normalized spacial score (nSPS) is 11.6. The lowest BCUT2D eigenvalue weighted by molar-refractivity contribution is -0.255. The number of aryl methyl sites for hydroxylation is 1. The second kappa shape index (κ2) is 7.15. The van der Waals surface area contributed by atoms with Crippen LogP contribution < -0.4 is 15.2 Å². The molecule has 0 heterocycles. The van der Waals surface area contributed by atoms with Gasteiger partial charge in [0, 0.05) is 10.7 Å². The molecule has 5 nitrogen and oxygen atoms in total. The summed E-state index contributed by atoms with van der Waals surface area (Å²) in [5, 5.41) is 14.1. The molecular weight excluding hydrogens is 318 g/mol. The number of amides is 1. The van der Waals surface area contributed by atoms with Crippen LogP contribution in [0.1, 0.15) is 22.8 Å². The van der Waals surface area contributed by atoms with E-state index in [0.717, 1.165) is 5.56 Å². The topological polar surface area (TPSA) is 78.5 Å². The van der Waals surface area contributed by atoms with Gasteiger partial charge in [-0.25, -0.2) is 0 Å². The highest BCUT2D eigenvalue weighted by molar-refractivity contribution is 6.30. The van der Waals surface area contributed by atoms with Crippen molar-refractivity contribution < 1.29 is 19.4 Å². The molecule has 2 rings (SSSR count). The maximum absolute atomic E-state index is 12.2. The van der Waals surface area contributed by atoms with Gasteiger partial charge in [-0.2, -0.15) is 0 Å². The van der Waals surface area contributed by atoms with Crippen LogP contribution in [0.2, 0.25) is 5.02 Å². The molecule has 0 radical (unpaired) electrons. The summed E-state index contributed by atoms with van der Waals surface area (Å²) in [6.45, 7) is 3.35. The SMILES string of the molecule is Cc1ccc(C(=O)[O-])cc1NC(=O)[C@H](C)Oc1cccc(Cl)c1. The molecule has 120 valence electrons. The quantitative estimate of drug-likeness (QED) is 0.912. The van der Waals surface area contributed by atoms with E-state index in [4.69, 9.17) is 16.3 Å². The summed E-state index contributed by atoms with van der Waals surface area (Å²) in [4.78, 5) is 23.1. The summed E-state index contributed by atoms with van der Waals surface area (Å²) in [6.07, 6.45) is -0.778. The Labute approximate surface area is 138 Å². The van der Waals surface area contributed by atoms with Crippen LogP contribution in [-0.2, 0) is 4.79 Å².